The Balaban J connectivity index is 1.51. The lowest BCUT2D eigenvalue weighted by Gasteiger charge is -2.41. The second-order valence-corrected chi connectivity index (χ2v) is 7.90. The number of nitriles is 1. The van der Waals surface area contributed by atoms with E-state index in [0.29, 0.717) is 24.5 Å². The predicted molar refractivity (Wildman–Crippen MR) is 103 cm³/mol. The van der Waals surface area contributed by atoms with E-state index >= 15 is 0 Å². The van der Waals surface area contributed by atoms with E-state index < -0.39 is 0 Å². The second kappa shape index (κ2) is 7.17. The van der Waals surface area contributed by atoms with Gasteiger partial charge in [0.25, 0.3) is 0 Å². The lowest BCUT2D eigenvalue weighted by molar-refractivity contribution is 0.173. The molecule has 2 fully saturated rings. The summed E-state index contributed by atoms with van der Waals surface area (Å²) in [6, 6.07) is 5.33. The molecule has 2 aromatic rings. The number of anilines is 3. The van der Waals surface area contributed by atoms with Gasteiger partial charge < -0.3 is 10.2 Å². The first-order valence-electron chi connectivity index (χ1n) is 9.05. The van der Waals surface area contributed by atoms with Gasteiger partial charge in [-0.1, -0.05) is 0 Å². The minimum Gasteiger partial charge on any atom is -0.353 e. The van der Waals surface area contributed by atoms with Crippen LogP contribution in [0, 0.1) is 25.2 Å². The van der Waals surface area contributed by atoms with Gasteiger partial charge in [0, 0.05) is 49.9 Å². The number of aryl methyl sites for hydroxylation is 2. The number of hydrogen-bond acceptors (Lipinski definition) is 8. The number of nitrogens with one attached hydrogen (secondary N) is 1. The first-order valence-corrected chi connectivity index (χ1v) is 9.83. The Hall–Kier alpha value is -2.24. The summed E-state index contributed by atoms with van der Waals surface area (Å²) in [5.41, 5.74) is 2.09. The quantitative estimate of drug-likeness (QED) is 0.868. The van der Waals surface area contributed by atoms with Crippen LogP contribution in [0.5, 0.6) is 0 Å². The topological polar surface area (TPSA) is 81.0 Å². The highest BCUT2D eigenvalue weighted by Crippen LogP contribution is 2.33. The minimum atomic E-state index is 0.525. The van der Waals surface area contributed by atoms with Gasteiger partial charge in [-0.25, -0.2) is 4.98 Å². The normalized spacial score (nSPS) is 22.4. The van der Waals surface area contributed by atoms with Gasteiger partial charge in [-0.15, -0.1) is 0 Å². The number of aromatic nitrogens is 3. The molecule has 2 aromatic heterocycles. The molecule has 4 heterocycles. The molecule has 2 unspecified atom stereocenters. The molecule has 136 valence electrons. The molecule has 2 atom stereocenters. The van der Waals surface area contributed by atoms with E-state index in [0.717, 1.165) is 41.7 Å². The van der Waals surface area contributed by atoms with Crippen molar-refractivity contribution in [3.63, 3.8) is 0 Å². The Labute approximate surface area is 157 Å². The zero-order valence-corrected chi connectivity index (χ0v) is 16.0. The first kappa shape index (κ1) is 17.2. The van der Waals surface area contributed by atoms with Crippen molar-refractivity contribution in [1.29, 1.82) is 5.26 Å². The monoisotopic (exact) mass is 369 g/mol. The zero-order valence-electron chi connectivity index (χ0n) is 15.1. The van der Waals surface area contributed by atoms with E-state index in [4.69, 9.17) is 10.2 Å². The van der Waals surface area contributed by atoms with Crippen molar-refractivity contribution in [2.24, 2.45) is 0 Å². The highest BCUT2D eigenvalue weighted by molar-refractivity contribution is 7.10. The molecule has 0 saturated carbocycles. The summed E-state index contributed by atoms with van der Waals surface area (Å²) in [5, 5.41) is 13.1. The second-order valence-electron chi connectivity index (χ2n) is 7.09. The van der Waals surface area contributed by atoms with E-state index in [9.17, 15) is 0 Å². The lowest BCUT2D eigenvalue weighted by atomic mass is 10.1. The van der Waals surface area contributed by atoms with Crippen molar-refractivity contribution >= 4 is 28.3 Å². The summed E-state index contributed by atoms with van der Waals surface area (Å²) in [5.74, 6) is 1.63. The Morgan fingerprint density at radius 1 is 1.31 bits per heavy atom. The van der Waals surface area contributed by atoms with E-state index in [1.54, 1.807) is 0 Å². The lowest BCUT2D eigenvalue weighted by Crippen LogP contribution is -2.54. The van der Waals surface area contributed by atoms with Crippen LogP contribution in [0.2, 0.25) is 0 Å². The molecular weight excluding hydrogens is 346 g/mol. The molecule has 0 radical (unpaired) electrons. The average Bonchev–Trinajstić information content (AvgIpc) is 3.13. The van der Waals surface area contributed by atoms with Gasteiger partial charge in [0.2, 0.25) is 5.95 Å². The van der Waals surface area contributed by atoms with E-state index in [1.807, 2.05) is 19.2 Å². The molecule has 4 rings (SSSR count). The van der Waals surface area contributed by atoms with Crippen molar-refractivity contribution in [2.75, 3.05) is 29.9 Å². The summed E-state index contributed by atoms with van der Waals surface area (Å²) >= 11 is 1.42. The smallest absolute Gasteiger partial charge is 0.229 e. The largest absolute Gasteiger partial charge is 0.353 e. The molecule has 2 bridgehead atoms. The van der Waals surface area contributed by atoms with E-state index in [2.05, 4.69) is 37.5 Å². The standard InChI is InChI=1S/C18H23N7S/c1-12-9-20-18(21-16-8-13(2)23-26-16)22-17(12)24-10-14-4-5-15(11-24)25(14)7-3-6-19/h8-9,14-15H,3-5,7,10-11H2,1-2H3,(H,20,21,22). The van der Waals surface area contributed by atoms with Gasteiger partial charge in [0.1, 0.15) is 10.8 Å². The van der Waals surface area contributed by atoms with Gasteiger partial charge in [0.05, 0.1) is 11.8 Å². The fraction of sp³-hybridized carbons (Fsp3) is 0.556. The molecule has 0 aromatic carbocycles. The maximum absolute atomic E-state index is 8.89. The molecule has 2 saturated heterocycles. The van der Waals surface area contributed by atoms with Crippen molar-refractivity contribution in [3.05, 3.63) is 23.5 Å². The first-order chi connectivity index (χ1) is 12.6. The number of rotatable bonds is 5. The third-order valence-electron chi connectivity index (χ3n) is 5.22. The van der Waals surface area contributed by atoms with Crippen LogP contribution in [-0.4, -0.2) is 51.0 Å². The summed E-state index contributed by atoms with van der Waals surface area (Å²) in [7, 11) is 0. The van der Waals surface area contributed by atoms with E-state index in [1.165, 1.54) is 24.4 Å². The molecule has 2 aliphatic rings. The molecule has 0 amide bonds. The van der Waals surface area contributed by atoms with Gasteiger partial charge in [-0.3, -0.25) is 4.90 Å². The third kappa shape index (κ3) is 3.37. The predicted octanol–water partition coefficient (Wildman–Crippen LogP) is 2.86. The van der Waals surface area contributed by atoms with Gasteiger partial charge >= 0.3 is 0 Å². The van der Waals surface area contributed by atoms with Crippen LogP contribution in [-0.2, 0) is 0 Å². The van der Waals surface area contributed by atoms with Crippen LogP contribution in [0.15, 0.2) is 12.3 Å². The molecule has 1 N–H and O–H groups in total. The molecule has 2 aliphatic heterocycles. The van der Waals surface area contributed by atoms with Gasteiger partial charge in [0.15, 0.2) is 0 Å². The van der Waals surface area contributed by atoms with Crippen LogP contribution >= 0.6 is 11.5 Å². The van der Waals surface area contributed by atoms with Crippen molar-refractivity contribution in [3.8, 4) is 6.07 Å². The third-order valence-corrected chi connectivity index (χ3v) is 6.02. The summed E-state index contributed by atoms with van der Waals surface area (Å²) < 4.78 is 4.29. The molecule has 26 heavy (non-hydrogen) atoms. The minimum absolute atomic E-state index is 0.525. The van der Waals surface area contributed by atoms with Crippen molar-refractivity contribution in [2.45, 2.75) is 45.2 Å². The molecular formula is C18H23N7S. The van der Waals surface area contributed by atoms with Crippen LogP contribution in [0.4, 0.5) is 16.8 Å². The summed E-state index contributed by atoms with van der Waals surface area (Å²) in [6.07, 6.45) is 4.92. The summed E-state index contributed by atoms with van der Waals surface area (Å²) in [4.78, 5) is 14.1. The zero-order chi connectivity index (χ0) is 18.1. The fourth-order valence-corrected chi connectivity index (χ4v) is 4.71. The van der Waals surface area contributed by atoms with Crippen molar-refractivity contribution < 1.29 is 0 Å². The fourth-order valence-electron chi connectivity index (χ4n) is 4.05. The Kier molecular flexibility index (Phi) is 4.74. The van der Waals surface area contributed by atoms with Gasteiger partial charge in [-0.2, -0.15) is 14.6 Å². The number of nitrogens with zero attached hydrogens (tertiary/aromatic N) is 6. The maximum Gasteiger partial charge on any atom is 0.229 e. The number of fused-ring (bicyclic) bond motifs is 2. The van der Waals surface area contributed by atoms with Crippen molar-refractivity contribution in [1.82, 2.24) is 19.2 Å². The SMILES string of the molecule is Cc1cc(Nc2ncc(C)c(N3CC4CCC(C3)N4CCC#N)n2)sn1. The Bertz CT molecular complexity index is 813. The number of hydrogen-bond donors (Lipinski definition) is 1. The average molecular weight is 369 g/mol. The van der Waals surface area contributed by atoms with E-state index in [-0.39, 0.29) is 0 Å². The summed E-state index contributed by atoms with van der Waals surface area (Å²) in [6.45, 7) is 6.88. The Morgan fingerprint density at radius 3 is 2.73 bits per heavy atom. The molecule has 7 nitrogen and oxygen atoms in total. The Morgan fingerprint density at radius 2 is 2.08 bits per heavy atom. The van der Waals surface area contributed by atoms with Crippen LogP contribution in [0.3, 0.4) is 0 Å². The van der Waals surface area contributed by atoms with Crippen LogP contribution in [0.1, 0.15) is 30.5 Å². The highest BCUT2D eigenvalue weighted by Gasteiger charge is 2.40. The number of piperazine rings is 1. The van der Waals surface area contributed by atoms with Gasteiger partial charge in [-0.05, 0) is 44.3 Å². The highest BCUT2D eigenvalue weighted by atomic mass is 32.1. The van der Waals surface area contributed by atoms with Crippen LogP contribution < -0.4 is 10.2 Å². The maximum atomic E-state index is 8.89. The molecule has 8 heteroatoms. The van der Waals surface area contributed by atoms with Crippen LogP contribution in [0.25, 0.3) is 0 Å². The molecule has 0 aliphatic carbocycles. The molecule has 0 spiro atoms.